The first-order chi connectivity index (χ1) is 7.49. The highest BCUT2D eigenvalue weighted by Crippen LogP contribution is 2.41. The van der Waals surface area contributed by atoms with E-state index in [1.807, 2.05) is 0 Å². The summed E-state index contributed by atoms with van der Waals surface area (Å²) in [4.78, 5) is 16.4. The van der Waals surface area contributed by atoms with Crippen molar-refractivity contribution in [3.63, 3.8) is 0 Å². The predicted molar refractivity (Wildman–Crippen MR) is 66.4 cm³/mol. The van der Waals surface area contributed by atoms with Gasteiger partial charge in [-0.2, -0.15) is 0 Å². The molecule has 2 rings (SSSR count). The fraction of sp³-hybridized carbons (Fsp3) is 0.636. The van der Waals surface area contributed by atoms with Crippen molar-refractivity contribution < 1.29 is 9.90 Å². The van der Waals surface area contributed by atoms with E-state index < -0.39 is 5.97 Å². The third kappa shape index (κ3) is 2.40. The zero-order valence-corrected chi connectivity index (χ0v) is 11.1. The molecule has 16 heavy (non-hydrogen) atoms. The minimum atomic E-state index is -0.780. The largest absolute Gasteiger partial charge is 0.481 e. The van der Waals surface area contributed by atoms with E-state index in [2.05, 4.69) is 18.8 Å². The Labute approximate surface area is 103 Å². The Kier molecular flexibility index (Phi) is 3.26. The van der Waals surface area contributed by atoms with Crippen molar-refractivity contribution in [1.29, 1.82) is 0 Å². The van der Waals surface area contributed by atoms with Gasteiger partial charge in [-0.25, -0.2) is 4.98 Å². The van der Waals surface area contributed by atoms with Gasteiger partial charge in [0.1, 0.15) is 0 Å². The van der Waals surface area contributed by atoms with E-state index in [4.69, 9.17) is 5.11 Å². The molecule has 0 amide bonds. The molecule has 0 radical (unpaired) electrons. The Morgan fingerprint density at radius 2 is 2.38 bits per heavy atom. The van der Waals surface area contributed by atoms with Crippen molar-refractivity contribution in [2.45, 2.75) is 42.9 Å². The molecular weight excluding hydrogens is 242 g/mol. The second-order valence-electron chi connectivity index (χ2n) is 4.67. The number of nitrogens with zero attached hydrogens (tertiary/aromatic N) is 1. The fourth-order valence-corrected chi connectivity index (χ4v) is 4.15. The first-order valence-electron chi connectivity index (χ1n) is 5.34. The van der Waals surface area contributed by atoms with E-state index in [0.29, 0.717) is 0 Å². The van der Waals surface area contributed by atoms with Crippen LogP contribution in [-0.4, -0.2) is 21.8 Å². The summed E-state index contributed by atoms with van der Waals surface area (Å²) < 4.78 is 0.905. The van der Waals surface area contributed by atoms with Crippen molar-refractivity contribution >= 4 is 29.1 Å². The number of hydrogen-bond donors (Lipinski definition) is 1. The third-order valence-electron chi connectivity index (χ3n) is 2.84. The predicted octanol–water partition coefficient (Wildman–Crippen LogP) is 2.93. The molecule has 1 aliphatic carbocycles. The molecule has 1 aliphatic rings. The number of rotatable bonds is 3. The van der Waals surface area contributed by atoms with Crippen LogP contribution < -0.4 is 0 Å². The number of thiazole rings is 1. The minimum Gasteiger partial charge on any atom is -0.481 e. The van der Waals surface area contributed by atoms with E-state index in [1.165, 1.54) is 35.2 Å². The maximum Gasteiger partial charge on any atom is 0.313 e. The SMILES string of the molecule is CC1(C)CCCc2sc(SCC(=O)O)nc21. The van der Waals surface area contributed by atoms with Gasteiger partial charge in [-0.15, -0.1) is 11.3 Å². The monoisotopic (exact) mass is 257 g/mol. The van der Waals surface area contributed by atoms with Gasteiger partial charge in [0.05, 0.1) is 11.4 Å². The number of hydrogen-bond acceptors (Lipinski definition) is 4. The minimum absolute atomic E-state index is 0.104. The second kappa shape index (κ2) is 4.37. The zero-order chi connectivity index (χ0) is 11.8. The van der Waals surface area contributed by atoms with Crippen LogP contribution in [0.2, 0.25) is 0 Å². The first kappa shape index (κ1) is 11.9. The third-order valence-corrected chi connectivity index (χ3v) is 5.09. The fourth-order valence-electron chi connectivity index (χ4n) is 2.02. The molecule has 1 aromatic rings. The van der Waals surface area contributed by atoms with Gasteiger partial charge in [-0.3, -0.25) is 4.79 Å². The van der Waals surface area contributed by atoms with E-state index in [1.54, 1.807) is 11.3 Å². The van der Waals surface area contributed by atoms with Crippen molar-refractivity contribution in [2.24, 2.45) is 0 Å². The summed E-state index contributed by atoms with van der Waals surface area (Å²) in [6.45, 7) is 4.44. The normalized spacial score (nSPS) is 18.1. The molecule has 0 aromatic carbocycles. The van der Waals surface area contributed by atoms with Crippen LogP contribution in [0.3, 0.4) is 0 Å². The second-order valence-corrected chi connectivity index (χ2v) is 6.98. The smallest absolute Gasteiger partial charge is 0.313 e. The number of carboxylic acid groups (broad SMARTS) is 1. The van der Waals surface area contributed by atoms with Crippen molar-refractivity contribution in [2.75, 3.05) is 5.75 Å². The van der Waals surface area contributed by atoms with Crippen molar-refractivity contribution in [1.82, 2.24) is 4.98 Å². The van der Waals surface area contributed by atoms with Crippen LogP contribution in [0.1, 0.15) is 37.3 Å². The maximum atomic E-state index is 10.5. The quantitative estimate of drug-likeness (QED) is 0.846. The number of aryl methyl sites for hydroxylation is 1. The molecule has 88 valence electrons. The van der Waals surface area contributed by atoms with E-state index in [9.17, 15) is 4.79 Å². The standard InChI is InChI=1S/C11H15NO2S2/c1-11(2)5-3-4-7-9(11)12-10(16-7)15-6-8(13)14/h3-6H2,1-2H3,(H,13,14). The van der Waals surface area contributed by atoms with Gasteiger partial charge >= 0.3 is 5.97 Å². The number of thioether (sulfide) groups is 1. The summed E-state index contributed by atoms with van der Waals surface area (Å²) in [5.41, 5.74) is 1.35. The highest BCUT2D eigenvalue weighted by Gasteiger charge is 2.31. The average Bonchev–Trinajstić information content (AvgIpc) is 2.59. The molecule has 0 spiro atoms. The number of carboxylic acids is 1. The van der Waals surface area contributed by atoms with Crippen LogP contribution in [0.4, 0.5) is 0 Å². The van der Waals surface area contributed by atoms with Crippen LogP contribution in [-0.2, 0) is 16.6 Å². The molecule has 0 unspecified atom stereocenters. The van der Waals surface area contributed by atoms with Crippen LogP contribution in [0.15, 0.2) is 4.34 Å². The Morgan fingerprint density at radius 3 is 3.00 bits per heavy atom. The summed E-state index contributed by atoms with van der Waals surface area (Å²) >= 11 is 3.00. The summed E-state index contributed by atoms with van der Waals surface area (Å²) in [5, 5.41) is 8.64. The maximum absolute atomic E-state index is 10.5. The molecule has 0 fully saturated rings. The van der Waals surface area contributed by atoms with Gasteiger partial charge in [-0.05, 0) is 19.3 Å². The molecule has 5 heteroatoms. The van der Waals surface area contributed by atoms with Gasteiger partial charge in [0, 0.05) is 10.3 Å². The Morgan fingerprint density at radius 1 is 1.62 bits per heavy atom. The van der Waals surface area contributed by atoms with Gasteiger partial charge < -0.3 is 5.11 Å². The molecule has 1 heterocycles. The molecule has 3 nitrogen and oxygen atoms in total. The van der Waals surface area contributed by atoms with Gasteiger partial charge in [-0.1, -0.05) is 25.6 Å². The summed E-state index contributed by atoms with van der Waals surface area (Å²) in [5.74, 6) is -0.676. The number of carbonyl (C=O) groups is 1. The van der Waals surface area contributed by atoms with Crippen molar-refractivity contribution in [3.05, 3.63) is 10.6 Å². The number of aliphatic carboxylic acids is 1. The lowest BCUT2D eigenvalue weighted by Crippen LogP contribution is -2.23. The lowest BCUT2D eigenvalue weighted by atomic mass is 9.79. The Bertz CT molecular complexity index is 412. The first-order valence-corrected chi connectivity index (χ1v) is 7.14. The van der Waals surface area contributed by atoms with E-state index in [-0.39, 0.29) is 11.2 Å². The lowest BCUT2D eigenvalue weighted by Gasteiger charge is -2.27. The van der Waals surface area contributed by atoms with Gasteiger partial charge in [0.2, 0.25) is 0 Å². The van der Waals surface area contributed by atoms with E-state index >= 15 is 0 Å². The van der Waals surface area contributed by atoms with Crippen LogP contribution in [0, 0.1) is 0 Å². The average molecular weight is 257 g/mol. The number of aromatic nitrogens is 1. The molecule has 0 atom stereocenters. The topological polar surface area (TPSA) is 50.2 Å². The summed E-state index contributed by atoms with van der Waals surface area (Å²) in [6.07, 6.45) is 3.49. The summed E-state index contributed by atoms with van der Waals surface area (Å²) in [6, 6.07) is 0. The Balaban J connectivity index is 2.19. The van der Waals surface area contributed by atoms with E-state index in [0.717, 1.165) is 10.8 Å². The molecule has 1 aromatic heterocycles. The highest BCUT2D eigenvalue weighted by molar-refractivity contribution is 8.01. The highest BCUT2D eigenvalue weighted by atomic mass is 32.2. The molecule has 0 saturated carbocycles. The number of fused-ring (bicyclic) bond motifs is 1. The summed E-state index contributed by atoms with van der Waals surface area (Å²) in [7, 11) is 0. The zero-order valence-electron chi connectivity index (χ0n) is 9.45. The van der Waals surface area contributed by atoms with Crippen LogP contribution in [0.5, 0.6) is 0 Å². The Hall–Kier alpha value is -0.550. The van der Waals surface area contributed by atoms with Crippen molar-refractivity contribution in [3.8, 4) is 0 Å². The molecule has 0 aliphatic heterocycles. The lowest BCUT2D eigenvalue weighted by molar-refractivity contribution is -0.133. The molecular formula is C11H15NO2S2. The van der Waals surface area contributed by atoms with Crippen LogP contribution >= 0.6 is 23.1 Å². The van der Waals surface area contributed by atoms with Crippen LogP contribution in [0.25, 0.3) is 0 Å². The van der Waals surface area contributed by atoms with Gasteiger partial charge in [0.25, 0.3) is 0 Å². The molecule has 0 saturated heterocycles. The molecule has 1 N–H and O–H groups in total. The van der Waals surface area contributed by atoms with Gasteiger partial charge in [0.15, 0.2) is 4.34 Å². The molecule has 0 bridgehead atoms.